The van der Waals surface area contributed by atoms with Crippen LogP contribution >= 0.6 is 0 Å². The topological polar surface area (TPSA) is 94.0 Å². The number of halogens is 2. The van der Waals surface area contributed by atoms with Crippen LogP contribution in [0.25, 0.3) is 10.9 Å². The molecule has 0 fully saturated rings. The highest BCUT2D eigenvalue weighted by Crippen LogP contribution is 2.26. The average Bonchev–Trinajstić information content (AvgIpc) is 3.22. The van der Waals surface area contributed by atoms with Crippen LogP contribution in [-0.4, -0.2) is 32.3 Å². The first kappa shape index (κ1) is 21.2. The van der Waals surface area contributed by atoms with Crippen LogP contribution in [0.5, 0.6) is 5.75 Å². The van der Waals surface area contributed by atoms with Gasteiger partial charge in [-0.25, -0.2) is 18.7 Å². The van der Waals surface area contributed by atoms with Crippen LogP contribution in [-0.2, 0) is 11.3 Å². The highest BCUT2D eigenvalue weighted by molar-refractivity contribution is 5.92. The van der Waals surface area contributed by atoms with E-state index in [0.717, 1.165) is 11.5 Å². The zero-order chi connectivity index (χ0) is 22.5. The summed E-state index contributed by atoms with van der Waals surface area (Å²) >= 11 is 0. The molecule has 0 unspecified atom stereocenters. The average molecular weight is 437 g/mol. The van der Waals surface area contributed by atoms with Crippen LogP contribution in [0.1, 0.15) is 6.92 Å². The third kappa shape index (κ3) is 4.80. The van der Waals surface area contributed by atoms with Crippen molar-refractivity contribution in [2.45, 2.75) is 13.5 Å². The Morgan fingerprint density at radius 1 is 1.22 bits per heavy atom. The Hall–Kier alpha value is -4.08. The number of benzene rings is 2. The Labute approximate surface area is 182 Å². The second kappa shape index (κ2) is 9.38. The first-order valence-corrected chi connectivity index (χ1v) is 9.72. The van der Waals surface area contributed by atoms with Crippen molar-refractivity contribution in [2.75, 3.05) is 17.2 Å². The van der Waals surface area contributed by atoms with Crippen molar-refractivity contribution < 1.29 is 18.3 Å². The van der Waals surface area contributed by atoms with Gasteiger partial charge in [-0.05, 0) is 30.7 Å². The number of fused-ring (bicyclic) bond motifs is 1. The lowest BCUT2D eigenvalue weighted by atomic mass is 10.2. The minimum absolute atomic E-state index is 0.183. The molecule has 0 saturated carbocycles. The largest absolute Gasteiger partial charge is 0.493 e. The zero-order valence-corrected chi connectivity index (χ0v) is 17.0. The van der Waals surface area contributed by atoms with E-state index in [2.05, 4.69) is 25.7 Å². The molecule has 0 spiro atoms. The second-order valence-electron chi connectivity index (χ2n) is 6.82. The van der Waals surface area contributed by atoms with Gasteiger partial charge in [0.25, 0.3) is 0 Å². The molecular weight excluding hydrogens is 418 g/mol. The van der Waals surface area contributed by atoms with Gasteiger partial charge in [-0.1, -0.05) is 13.0 Å². The number of amides is 1. The van der Waals surface area contributed by atoms with Gasteiger partial charge < -0.3 is 15.4 Å². The van der Waals surface area contributed by atoms with Gasteiger partial charge in [0.05, 0.1) is 29.7 Å². The summed E-state index contributed by atoms with van der Waals surface area (Å²) in [5.41, 5.74) is 1.07. The van der Waals surface area contributed by atoms with Crippen molar-refractivity contribution >= 4 is 34.0 Å². The Kier molecular flexibility index (Phi) is 6.20. The Morgan fingerprint density at radius 3 is 2.94 bits per heavy atom. The molecule has 0 bridgehead atoms. The minimum atomic E-state index is -1.11. The van der Waals surface area contributed by atoms with Crippen LogP contribution in [0.3, 0.4) is 0 Å². The van der Waals surface area contributed by atoms with Crippen LogP contribution in [0.15, 0.2) is 55.1 Å². The van der Waals surface area contributed by atoms with Gasteiger partial charge in [-0.15, -0.1) is 0 Å². The maximum atomic E-state index is 13.7. The Morgan fingerprint density at radius 2 is 2.09 bits per heavy atom. The summed E-state index contributed by atoms with van der Waals surface area (Å²) in [5, 5.41) is 10.4. The molecule has 8 nitrogen and oxygen atoms in total. The highest BCUT2D eigenvalue weighted by Gasteiger charge is 2.12. The molecule has 32 heavy (non-hydrogen) atoms. The minimum Gasteiger partial charge on any atom is -0.493 e. The molecule has 2 aromatic heterocycles. The third-order valence-electron chi connectivity index (χ3n) is 4.45. The van der Waals surface area contributed by atoms with Crippen molar-refractivity contribution in [3.05, 3.63) is 73.2 Å². The Bertz CT molecular complexity index is 1260. The van der Waals surface area contributed by atoms with Crippen LogP contribution in [0.4, 0.5) is 26.0 Å². The number of nitrogens with one attached hydrogen (secondary N) is 2. The van der Waals surface area contributed by atoms with Gasteiger partial charge in [0.2, 0.25) is 5.91 Å². The van der Waals surface area contributed by atoms with Crippen LogP contribution < -0.4 is 15.4 Å². The van der Waals surface area contributed by atoms with Crippen molar-refractivity contribution in [2.24, 2.45) is 0 Å². The van der Waals surface area contributed by atoms with E-state index in [1.165, 1.54) is 29.3 Å². The molecule has 0 aliphatic rings. The highest BCUT2D eigenvalue weighted by atomic mass is 19.2. The molecule has 4 rings (SSSR count). The number of hydrogen-bond donors (Lipinski definition) is 2. The monoisotopic (exact) mass is 437 g/mol. The quantitative estimate of drug-likeness (QED) is 0.431. The fraction of sp³-hybridized carbons (Fsp3) is 0.136. The molecule has 1 radical (unpaired) electrons. The van der Waals surface area contributed by atoms with Crippen LogP contribution in [0.2, 0.25) is 0 Å². The lowest BCUT2D eigenvalue weighted by Gasteiger charge is -2.09. The molecule has 2 heterocycles. The smallest absolute Gasteiger partial charge is 0.246 e. The van der Waals surface area contributed by atoms with Crippen molar-refractivity contribution in [1.82, 2.24) is 19.7 Å². The van der Waals surface area contributed by atoms with Gasteiger partial charge in [0.15, 0.2) is 11.6 Å². The number of anilines is 3. The van der Waals surface area contributed by atoms with Gasteiger partial charge in [0.1, 0.15) is 24.4 Å². The van der Waals surface area contributed by atoms with Crippen LogP contribution in [0, 0.1) is 18.1 Å². The second-order valence-corrected chi connectivity index (χ2v) is 6.82. The molecule has 1 amide bonds. The standard InChI is InChI=1S/C22H19F2N6O2/c1-2-8-32-15-6-7-16-19(9-15)25-13-26-22(16)28-14-10-27-30(11-14)12-20(31)29-18-5-3-4-17(23)21(18)24/h2-7,9-11,13H,8,12H2,1H3,(H,29,31)(H,25,26,28). The molecule has 2 aromatic carbocycles. The number of rotatable bonds is 8. The fourth-order valence-electron chi connectivity index (χ4n) is 2.99. The molecule has 2 N–H and O–H groups in total. The molecule has 4 aromatic rings. The van der Waals surface area contributed by atoms with Crippen molar-refractivity contribution in [3.8, 4) is 5.75 Å². The zero-order valence-electron chi connectivity index (χ0n) is 17.0. The lowest BCUT2D eigenvalue weighted by molar-refractivity contribution is -0.116. The van der Waals surface area contributed by atoms with Crippen molar-refractivity contribution in [3.63, 3.8) is 0 Å². The maximum absolute atomic E-state index is 13.7. The van der Waals surface area contributed by atoms with Gasteiger partial charge in [-0.2, -0.15) is 5.10 Å². The summed E-state index contributed by atoms with van der Waals surface area (Å²) in [7, 11) is 0. The number of nitrogens with zero attached hydrogens (tertiary/aromatic N) is 4. The molecule has 163 valence electrons. The molecule has 0 aliphatic heterocycles. The van der Waals surface area contributed by atoms with Crippen molar-refractivity contribution in [1.29, 1.82) is 0 Å². The lowest BCUT2D eigenvalue weighted by Crippen LogP contribution is -2.19. The van der Waals surface area contributed by atoms with E-state index < -0.39 is 17.5 Å². The number of carbonyl (C=O) groups is 1. The summed E-state index contributed by atoms with van der Waals surface area (Å²) in [6, 6.07) is 9.08. The van der Waals surface area contributed by atoms with Gasteiger partial charge in [0, 0.05) is 17.6 Å². The SMILES string of the molecule is C[CH]COc1ccc2c(Nc3cnn(CC(=O)Nc4cccc(F)c4F)c3)ncnc2c1. The summed E-state index contributed by atoms with van der Waals surface area (Å²) in [5.74, 6) is -1.43. The fourth-order valence-corrected chi connectivity index (χ4v) is 2.99. The molecule has 0 aliphatic carbocycles. The van der Waals surface area contributed by atoms with E-state index in [1.54, 1.807) is 6.20 Å². The molecule has 0 saturated heterocycles. The number of aromatic nitrogens is 4. The van der Waals surface area contributed by atoms with E-state index in [4.69, 9.17) is 4.74 Å². The predicted molar refractivity (Wildman–Crippen MR) is 116 cm³/mol. The van der Waals surface area contributed by atoms with E-state index in [-0.39, 0.29) is 12.2 Å². The third-order valence-corrected chi connectivity index (χ3v) is 4.45. The first-order chi connectivity index (χ1) is 15.5. The number of carbonyl (C=O) groups excluding carboxylic acids is 1. The maximum Gasteiger partial charge on any atom is 0.246 e. The summed E-state index contributed by atoms with van der Waals surface area (Å²) in [4.78, 5) is 20.7. The predicted octanol–water partition coefficient (Wildman–Crippen LogP) is 4.09. The molecule has 10 heteroatoms. The summed E-state index contributed by atoms with van der Waals surface area (Å²) in [6.07, 6.45) is 6.47. The van der Waals surface area contributed by atoms with Gasteiger partial charge in [-0.3, -0.25) is 9.48 Å². The van der Waals surface area contributed by atoms with E-state index in [9.17, 15) is 13.6 Å². The van der Waals surface area contributed by atoms with E-state index in [0.29, 0.717) is 29.4 Å². The first-order valence-electron chi connectivity index (χ1n) is 9.72. The number of ether oxygens (including phenoxy) is 1. The molecular formula is C22H19F2N6O2. The van der Waals surface area contributed by atoms with Gasteiger partial charge >= 0.3 is 0 Å². The van der Waals surface area contributed by atoms with E-state index >= 15 is 0 Å². The van der Waals surface area contributed by atoms with E-state index in [1.807, 2.05) is 31.5 Å². The molecule has 0 atom stereocenters. The normalized spacial score (nSPS) is 10.8. The Balaban J connectivity index is 1.44. The number of hydrogen-bond acceptors (Lipinski definition) is 6. The summed E-state index contributed by atoms with van der Waals surface area (Å²) < 4.78 is 34.0. The summed E-state index contributed by atoms with van der Waals surface area (Å²) in [6.45, 7) is 2.23.